The van der Waals surface area contributed by atoms with Gasteiger partial charge in [0.2, 0.25) is 0 Å². The van der Waals surface area contributed by atoms with E-state index >= 15 is 0 Å². The normalized spacial score (nSPS) is 16.3. The van der Waals surface area contributed by atoms with Crippen LogP contribution in [0.3, 0.4) is 0 Å². The number of thiophene rings is 1. The first-order chi connectivity index (χ1) is 17.8. The number of alkyl carbamates (subject to hydrolysis) is 1. The molecule has 0 bridgehead atoms. The van der Waals surface area contributed by atoms with Crippen LogP contribution in [-0.4, -0.2) is 46.6 Å². The maximum Gasteiger partial charge on any atom is 0.407 e. The average molecular weight is 554 g/mol. The quantitative estimate of drug-likeness (QED) is 0.362. The summed E-state index contributed by atoms with van der Waals surface area (Å²) in [5.74, 6) is -0.0903. The number of aromatic nitrogens is 1. The monoisotopic (exact) mass is 553 g/mol. The lowest BCUT2D eigenvalue weighted by atomic mass is 9.90. The molecule has 38 heavy (non-hydrogen) atoms. The molecule has 1 N–H and O–H groups in total. The van der Waals surface area contributed by atoms with Crippen molar-refractivity contribution in [2.75, 3.05) is 13.1 Å². The minimum absolute atomic E-state index is 0.0271. The third kappa shape index (κ3) is 6.94. The summed E-state index contributed by atoms with van der Waals surface area (Å²) in [4.78, 5) is 32.8. The number of hydrogen-bond acceptors (Lipinski definition) is 5. The third-order valence-electron chi connectivity index (χ3n) is 6.37. The van der Waals surface area contributed by atoms with E-state index in [2.05, 4.69) is 48.6 Å². The maximum absolute atomic E-state index is 13.3. The molecule has 0 radical (unpaired) electrons. The topological polar surface area (TPSA) is 71.5 Å². The van der Waals surface area contributed by atoms with E-state index in [0.29, 0.717) is 23.7 Å². The van der Waals surface area contributed by atoms with Crippen molar-refractivity contribution in [3.63, 3.8) is 0 Å². The van der Waals surface area contributed by atoms with Crippen molar-refractivity contribution in [3.8, 4) is 21.6 Å². The number of carbonyl (C=O) groups is 2. The molecule has 202 valence electrons. The van der Waals surface area contributed by atoms with Crippen LogP contribution in [0.1, 0.15) is 70.4 Å². The SMILES string of the molecule is CC(C)(C)OC(=O)NC1CCCN(C(=O)c2ccc(-c3cc(-c4ccnc(C(C)(C)C)c4)cs3)c(Cl)c2)C1. The number of nitrogens with zero attached hydrogens (tertiary/aromatic N) is 2. The number of carbonyl (C=O) groups excluding carboxylic acids is 2. The summed E-state index contributed by atoms with van der Waals surface area (Å²) < 4.78 is 5.37. The smallest absolute Gasteiger partial charge is 0.407 e. The van der Waals surface area contributed by atoms with Gasteiger partial charge in [0.25, 0.3) is 5.91 Å². The molecule has 8 heteroatoms. The molecule has 0 aliphatic carbocycles. The highest BCUT2D eigenvalue weighted by molar-refractivity contribution is 7.14. The van der Waals surface area contributed by atoms with Crippen LogP contribution >= 0.6 is 22.9 Å². The minimum atomic E-state index is -0.566. The summed E-state index contributed by atoms with van der Waals surface area (Å²) in [5, 5.41) is 5.56. The fourth-order valence-corrected chi connectivity index (χ4v) is 5.73. The van der Waals surface area contributed by atoms with Crippen molar-refractivity contribution >= 4 is 34.9 Å². The van der Waals surface area contributed by atoms with Gasteiger partial charge in [0, 0.05) is 52.4 Å². The molecule has 1 aromatic carbocycles. The molecule has 1 aliphatic rings. The molecule has 1 atom stereocenters. The first-order valence-electron chi connectivity index (χ1n) is 12.9. The van der Waals surface area contributed by atoms with Gasteiger partial charge in [0.1, 0.15) is 5.60 Å². The second-order valence-electron chi connectivity index (χ2n) is 11.8. The van der Waals surface area contributed by atoms with Crippen LogP contribution in [-0.2, 0) is 10.2 Å². The molecule has 0 saturated carbocycles. The Morgan fingerprint density at radius 2 is 1.84 bits per heavy atom. The van der Waals surface area contributed by atoms with Gasteiger partial charge in [0.15, 0.2) is 0 Å². The van der Waals surface area contributed by atoms with Crippen LogP contribution in [0.25, 0.3) is 21.6 Å². The first-order valence-corrected chi connectivity index (χ1v) is 14.2. The van der Waals surface area contributed by atoms with Gasteiger partial charge in [-0.05, 0) is 80.5 Å². The van der Waals surface area contributed by atoms with E-state index in [4.69, 9.17) is 16.3 Å². The Morgan fingerprint density at radius 1 is 1.08 bits per heavy atom. The number of ether oxygens (including phenoxy) is 1. The number of benzene rings is 1. The highest BCUT2D eigenvalue weighted by Crippen LogP contribution is 2.37. The van der Waals surface area contributed by atoms with E-state index in [-0.39, 0.29) is 17.4 Å². The number of piperidine rings is 1. The number of likely N-dealkylation sites (tertiary alicyclic amines) is 1. The van der Waals surface area contributed by atoms with E-state index < -0.39 is 11.7 Å². The second-order valence-corrected chi connectivity index (χ2v) is 13.1. The van der Waals surface area contributed by atoms with E-state index in [1.807, 2.05) is 45.2 Å². The Bertz CT molecular complexity index is 1320. The van der Waals surface area contributed by atoms with Crippen molar-refractivity contribution < 1.29 is 14.3 Å². The summed E-state index contributed by atoms with van der Waals surface area (Å²) >= 11 is 8.32. The van der Waals surface area contributed by atoms with Gasteiger partial charge in [-0.3, -0.25) is 9.78 Å². The van der Waals surface area contributed by atoms with Gasteiger partial charge in [-0.25, -0.2) is 4.79 Å². The lowest BCUT2D eigenvalue weighted by Crippen LogP contribution is -2.50. The minimum Gasteiger partial charge on any atom is -0.444 e. The second kappa shape index (κ2) is 11.1. The summed E-state index contributed by atoms with van der Waals surface area (Å²) in [6, 6.07) is 11.6. The number of amides is 2. The zero-order valence-corrected chi connectivity index (χ0v) is 24.5. The van der Waals surface area contributed by atoms with Crippen molar-refractivity contribution in [2.45, 2.75) is 71.4 Å². The maximum atomic E-state index is 13.3. The number of rotatable bonds is 4. The van der Waals surface area contributed by atoms with Gasteiger partial charge in [0.05, 0.1) is 5.02 Å². The number of halogens is 1. The fourth-order valence-electron chi connectivity index (χ4n) is 4.43. The third-order valence-corrected chi connectivity index (χ3v) is 7.65. The van der Waals surface area contributed by atoms with Crippen LogP contribution in [0.15, 0.2) is 48.0 Å². The first kappa shape index (κ1) is 28.1. The summed E-state index contributed by atoms with van der Waals surface area (Å²) in [6.07, 6.45) is 3.01. The Labute approximate surface area is 234 Å². The van der Waals surface area contributed by atoms with E-state index in [9.17, 15) is 9.59 Å². The molecule has 2 amide bonds. The van der Waals surface area contributed by atoms with Crippen LogP contribution in [0.2, 0.25) is 5.02 Å². The van der Waals surface area contributed by atoms with Crippen molar-refractivity contribution in [1.29, 1.82) is 0 Å². The van der Waals surface area contributed by atoms with Crippen LogP contribution in [0.5, 0.6) is 0 Å². The van der Waals surface area contributed by atoms with Gasteiger partial charge in [-0.15, -0.1) is 11.3 Å². The average Bonchev–Trinajstić information content (AvgIpc) is 3.32. The van der Waals surface area contributed by atoms with E-state index in [1.54, 1.807) is 22.3 Å². The number of hydrogen-bond donors (Lipinski definition) is 1. The molecule has 1 saturated heterocycles. The molecular formula is C30H36ClN3O3S. The molecule has 1 aliphatic heterocycles. The van der Waals surface area contributed by atoms with Crippen LogP contribution < -0.4 is 5.32 Å². The predicted octanol–water partition coefficient (Wildman–Crippen LogP) is 7.56. The summed E-state index contributed by atoms with van der Waals surface area (Å²) in [6.45, 7) is 13.0. The summed E-state index contributed by atoms with van der Waals surface area (Å²) in [7, 11) is 0. The van der Waals surface area contributed by atoms with Gasteiger partial charge in [-0.2, -0.15) is 0 Å². The molecule has 1 unspecified atom stereocenters. The fraction of sp³-hybridized carbons (Fsp3) is 0.433. The molecule has 3 heterocycles. The Kier molecular flexibility index (Phi) is 8.19. The Morgan fingerprint density at radius 3 is 2.53 bits per heavy atom. The molecule has 4 rings (SSSR count). The van der Waals surface area contributed by atoms with E-state index in [0.717, 1.165) is 40.1 Å². The van der Waals surface area contributed by atoms with Crippen molar-refractivity contribution in [3.05, 3.63) is 64.3 Å². The summed E-state index contributed by atoms with van der Waals surface area (Å²) in [5.41, 5.74) is 4.13. The molecule has 3 aromatic rings. The van der Waals surface area contributed by atoms with Gasteiger partial charge >= 0.3 is 6.09 Å². The van der Waals surface area contributed by atoms with Crippen LogP contribution in [0, 0.1) is 0 Å². The van der Waals surface area contributed by atoms with E-state index in [1.165, 1.54) is 0 Å². The largest absolute Gasteiger partial charge is 0.444 e. The molecular weight excluding hydrogens is 518 g/mol. The van der Waals surface area contributed by atoms with Gasteiger partial charge in [-0.1, -0.05) is 38.4 Å². The zero-order chi connectivity index (χ0) is 27.7. The zero-order valence-electron chi connectivity index (χ0n) is 22.9. The Hall–Kier alpha value is -2.90. The molecule has 1 fully saturated rings. The Balaban J connectivity index is 1.46. The van der Waals surface area contributed by atoms with Crippen molar-refractivity contribution in [1.82, 2.24) is 15.2 Å². The number of pyridine rings is 1. The lowest BCUT2D eigenvalue weighted by molar-refractivity contribution is 0.0452. The number of nitrogens with one attached hydrogen (secondary N) is 1. The lowest BCUT2D eigenvalue weighted by Gasteiger charge is -2.33. The molecule has 2 aromatic heterocycles. The highest BCUT2D eigenvalue weighted by atomic mass is 35.5. The molecule has 0 spiro atoms. The predicted molar refractivity (Wildman–Crippen MR) is 155 cm³/mol. The van der Waals surface area contributed by atoms with Crippen LogP contribution in [0.4, 0.5) is 4.79 Å². The standard InChI is InChI=1S/C30H36ClN3O3S/c1-29(2,3)26-16-19(11-12-32-26)21-15-25(38-18-21)23-10-9-20(14-24(23)31)27(35)34-13-7-8-22(17-34)33-28(36)37-30(4,5)6/h9-12,14-16,18,22H,7-8,13,17H2,1-6H3,(H,33,36). The highest BCUT2D eigenvalue weighted by Gasteiger charge is 2.27. The molecule has 6 nitrogen and oxygen atoms in total. The van der Waals surface area contributed by atoms with Gasteiger partial charge < -0.3 is 15.0 Å². The van der Waals surface area contributed by atoms with Crippen molar-refractivity contribution in [2.24, 2.45) is 0 Å².